The molecule has 2 aliphatic heterocycles. The lowest BCUT2D eigenvalue weighted by Crippen LogP contribution is -2.61. The number of unbranched alkanes of at least 4 members (excludes halogenated alkanes) is 34. The molecule has 14 nitrogen and oxygen atoms in total. The first-order chi connectivity index (χ1) is 35.6. The van der Waals surface area contributed by atoms with E-state index in [9.17, 15) is 40.5 Å². The molecule has 0 saturated carbocycles. The van der Waals surface area contributed by atoms with Gasteiger partial charge in [-0.15, -0.1) is 0 Å². The highest BCUT2D eigenvalue weighted by atomic mass is 16.7. The number of aliphatic hydroxyl groups excluding tert-OH is 7. The fourth-order valence-corrected chi connectivity index (χ4v) is 9.87. The number of rotatable bonds is 50. The van der Waals surface area contributed by atoms with E-state index in [1.165, 1.54) is 193 Å². The summed E-state index contributed by atoms with van der Waals surface area (Å²) in [6.07, 6.45) is 35.6. The summed E-state index contributed by atoms with van der Waals surface area (Å²) >= 11 is 0. The summed E-state index contributed by atoms with van der Waals surface area (Å²) in [6, 6.07) is 0. The third-order valence-electron chi connectivity index (χ3n) is 14.8. The highest BCUT2D eigenvalue weighted by Gasteiger charge is 2.47. The van der Waals surface area contributed by atoms with Gasteiger partial charge in [-0.25, -0.2) is 0 Å². The molecule has 11 unspecified atom stereocenters. The summed E-state index contributed by atoms with van der Waals surface area (Å²) in [7, 11) is 0. The maximum atomic E-state index is 13.1. The Morgan fingerprint density at radius 3 is 1.25 bits per heavy atom. The monoisotopic (exact) mass is 1040 g/mol. The average molecular weight is 1050 g/mol. The Morgan fingerprint density at radius 2 is 0.808 bits per heavy atom. The van der Waals surface area contributed by atoms with Crippen molar-refractivity contribution in [1.29, 1.82) is 0 Å². The minimum atomic E-state index is -1.70. The van der Waals surface area contributed by atoms with Crippen LogP contribution in [0, 0.1) is 0 Å². The molecule has 0 aromatic rings. The fraction of sp³-hybridized carbons (Fsp3) is 0.949. The van der Waals surface area contributed by atoms with E-state index < -0.39 is 80.7 Å². The van der Waals surface area contributed by atoms with Gasteiger partial charge in [0.2, 0.25) is 0 Å². The van der Waals surface area contributed by atoms with E-state index in [1.807, 2.05) is 0 Å². The normalized spacial score (nSPS) is 24.9. The SMILES string of the molecule is CCCCCCCCC/C=C\CCCCCCCCCCOCC(COC1OC(COC2OC(CO)C(O)C(O)C2O)C(O)C(O)C1O)OC(=O)CCCCCCCCCCCCCCCCCCCCCC. The van der Waals surface area contributed by atoms with E-state index in [2.05, 4.69) is 26.0 Å². The summed E-state index contributed by atoms with van der Waals surface area (Å²) < 4.78 is 34.4. The molecule has 2 fully saturated rings. The summed E-state index contributed by atoms with van der Waals surface area (Å²) in [4.78, 5) is 13.1. The van der Waals surface area contributed by atoms with Crippen molar-refractivity contribution in [1.82, 2.24) is 0 Å². The second-order valence-electron chi connectivity index (χ2n) is 21.5. The maximum Gasteiger partial charge on any atom is 0.306 e. The van der Waals surface area contributed by atoms with Crippen molar-refractivity contribution < 1.29 is 69.0 Å². The molecule has 0 aliphatic carbocycles. The van der Waals surface area contributed by atoms with Gasteiger partial charge in [0.1, 0.15) is 54.9 Å². The molecule has 2 saturated heterocycles. The lowest BCUT2D eigenvalue weighted by atomic mass is 9.98. The molecular formula is C59H112O14. The van der Waals surface area contributed by atoms with Gasteiger partial charge in [-0.05, 0) is 38.5 Å². The van der Waals surface area contributed by atoms with E-state index in [0.717, 1.165) is 38.5 Å². The van der Waals surface area contributed by atoms with Crippen LogP contribution in [0.4, 0.5) is 0 Å². The van der Waals surface area contributed by atoms with Crippen LogP contribution in [0.3, 0.4) is 0 Å². The summed E-state index contributed by atoms with van der Waals surface area (Å²) in [5.74, 6) is -0.370. The van der Waals surface area contributed by atoms with Crippen molar-refractivity contribution in [2.45, 2.75) is 325 Å². The number of aliphatic hydroxyl groups is 7. The van der Waals surface area contributed by atoms with Crippen LogP contribution in [-0.2, 0) is 33.2 Å². The zero-order valence-electron chi connectivity index (χ0n) is 46.4. The molecule has 0 spiro atoms. The molecular weight excluding hydrogens is 933 g/mol. The van der Waals surface area contributed by atoms with Crippen molar-refractivity contribution in [3.8, 4) is 0 Å². The maximum absolute atomic E-state index is 13.1. The fourth-order valence-electron chi connectivity index (χ4n) is 9.87. The molecule has 7 N–H and O–H groups in total. The third-order valence-corrected chi connectivity index (χ3v) is 14.8. The van der Waals surface area contributed by atoms with E-state index in [4.69, 9.17) is 28.4 Å². The molecule has 73 heavy (non-hydrogen) atoms. The Hall–Kier alpha value is -1.27. The van der Waals surface area contributed by atoms with Crippen LogP contribution in [0.1, 0.15) is 258 Å². The minimum Gasteiger partial charge on any atom is -0.457 e. The molecule has 0 aromatic heterocycles. The Labute approximate surface area is 444 Å². The van der Waals surface area contributed by atoms with Crippen LogP contribution in [-0.4, -0.2) is 142 Å². The van der Waals surface area contributed by atoms with E-state index in [0.29, 0.717) is 13.0 Å². The first kappa shape index (κ1) is 67.8. The van der Waals surface area contributed by atoms with Crippen molar-refractivity contribution in [2.75, 3.05) is 33.0 Å². The predicted octanol–water partition coefficient (Wildman–Crippen LogP) is 11.0. The number of esters is 1. The summed E-state index contributed by atoms with van der Waals surface area (Å²) in [5.41, 5.74) is 0. The largest absolute Gasteiger partial charge is 0.457 e. The number of ether oxygens (including phenoxy) is 6. The Balaban J connectivity index is 1.70. The van der Waals surface area contributed by atoms with Gasteiger partial charge in [-0.3, -0.25) is 4.79 Å². The molecule has 432 valence electrons. The van der Waals surface area contributed by atoms with Gasteiger partial charge in [0, 0.05) is 13.0 Å². The third kappa shape index (κ3) is 33.6. The molecule has 14 heteroatoms. The van der Waals surface area contributed by atoms with Gasteiger partial charge in [0.05, 0.1) is 26.4 Å². The Bertz CT molecular complexity index is 1260. The van der Waals surface area contributed by atoms with Crippen LogP contribution in [0.15, 0.2) is 12.2 Å². The quantitative estimate of drug-likeness (QED) is 0.0172. The lowest BCUT2D eigenvalue weighted by molar-refractivity contribution is -0.332. The molecule has 0 radical (unpaired) electrons. The summed E-state index contributed by atoms with van der Waals surface area (Å²) in [6.45, 7) is 3.74. The molecule has 0 amide bonds. The van der Waals surface area contributed by atoms with Crippen LogP contribution >= 0.6 is 0 Å². The molecule has 11 atom stereocenters. The van der Waals surface area contributed by atoms with Crippen molar-refractivity contribution >= 4 is 5.97 Å². The highest BCUT2D eigenvalue weighted by molar-refractivity contribution is 5.69. The van der Waals surface area contributed by atoms with Gasteiger partial charge in [0.15, 0.2) is 12.6 Å². The number of hydrogen-bond acceptors (Lipinski definition) is 14. The second kappa shape index (κ2) is 46.8. The van der Waals surface area contributed by atoms with Crippen LogP contribution in [0.2, 0.25) is 0 Å². The van der Waals surface area contributed by atoms with Gasteiger partial charge < -0.3 is 64.2 Å². The van der Waals surface area contributed by atoms with E-state index in [-0.39, 0.29) is 25.6 Å². The van der Waals surface area contributed by atoms with E-state index in [1.54, 1.807) is 0 Å². The number of hydrogen-bond donors (Lipinski definition) is 7. The molecule has 2 heterocycles. The Morgan fingerprint density at radius 1 is 0.438 bits per heavy atom. The molecule has 0 bridgehead atoms. The second-order valence-corrected chi connectivity index (χ2v) is 21.5. The number of carbonyl (C=O) groups excluding carboxylic acids is 1. The van der Waals surface area contributed by atoms with Gasteiger partial charge in [-0.2, -0.15) is 0 Å². The van der Waals surface area contributed by atoms with Gasteiger partial charge in [0.25, 0.3) is 0 Å². The zero-order valence-corrected chi connectivity index (χ0v) is 46.4. The molecule has 0 aromatic carbocycles. The predicted molar refractivity (Wildman–Crippen MR) is 289 cm³/mol. The molecule has 2 aliphatic rings. The zero-order chi connectivity index (χ0) is 53.0. The van der Waals surface area contributed by atoms with Crippen LogP contribution < -0.4 is 0 Å². The lowest BCUT2D eigenvalue weighted by Gasteiger charge is -2.42. The first-order valence-corrected chi connectivity index (χ1v) is 30.3. The van der Waals surface area contributed by atoms with Crippen LogP contribution in [0.25, 0.3) is 0 Å². The number of allylic oxidation sites excluding steroid dienone is 2. The Kier molecular flexibility index (Phi) is 43.5. The van der Waals surface area contributed by atoms with Gasteiger partial charge in [-0.1, -0.05) is 225 Å². The first-order valence-electron chi connectivity index (χ1n) is 30.3. The van der Waals surface area contributed by atoms with Crippen LogP contribution in [0.5, 0.6) is 0 Å². The smallest absolute Gasteiger partial charge is 0.306 e. The van der Waals surface area contributed by atoms with Gasteiger partial charge >= 0.3 is 5.97 Å². The van der Waals surface area contributed by atoms with Crippen molar-refractivity contribution in [2.24, 2.45) is 0 Å². The van der Waals surface area contributed by atoms with E-state index >= 15 is 0 Å². The van der Waals surface area contributed by atoms with Crippen molar-refractivity contribution in [3.63, 3.8) is 0 Å². The topological polar surface area (TPSA) is 214 Å². The summed E-state index contributed by atoms with van der Waals surface area (Å²) in [5, 5.41) is 72.4. The molecule has 2 rings (SSSR count). The van der Waals surface area contributed by atoms with Crippen molar-refractivity contribution in [3.05, 3.63) is 12.2 Å². The average Bonchev–Trinajstić information content (AvgIpc) is 3.39. The minimum absolute atomic E-state index is 0.0656. The standard InChI is InChI=1S/C59H112O14/c1-3-5-7-9-11-13-15-17-19-21-23-24-26-28-30-32-34-36-38-40-42-51(61)71-48(45-68-43-41-39-37-35-33-31-29-27-25-22-20-18-16-14-12-10-8-6-4-2)46-69-58-57(67)55(65)53(63)50(73-58)47-70-59-56(66)54(64)52(62)49(44-60)72-59/h20,22,48-50,52-60,62-67H,3-19,21,23-47H2,1-2H3/b22-20-. The highest BCUT2D eigenvalue weighted by Crippen LogP contribution is 2.27. The number of carbonyl (C=O) groups is 1.